The normalized spacial score (nSPS) is 25.4. The second kappa shape index (κ2) is 12.4. The van der Waals surface area contributed by atoms with E-state index in [1.165, 1.54) is 5.57 Å². The highest BCUT2D eigenvalue weighted by molar-refractivity contribution is 5.86. The molecule has 3 rings (SSSR count). The van der Waals surface area contributed by atoms with E-state index in [2.05, 4.69) is 18.3 Å². The van der Waals surface area contributed by atoms with Gasteiger partial charge in [0.05, 0.1) is 18.6 Å². The number of ether oxygens (including phenoxy) is 1. The number of carbonyl (C=O) groups is 2. The lowest BCUT2D eigenvalue weighted by molar-refractivity contribution is -0.145. The van der Waals surface area contributed by atoms with Gasteiger partial charge in [0.15, 0.2) is 5.96 Å². The van der Waals surface area contributed by atoms with Crippen LogP contribution >= 0.6 is 0 Å². The van der Waals surface area contributed by atoms with Crippen LogP contribution in [0.4, 0.5) is 0 Å². The van der Waals surface area contributed by atoms with Crippen molar-refractivity contribution < 1.29 is 19.4 Å². The van der Waals surface area contributed by atoms with Gasteiger partial charge in [-0.15, -0.1) is 0 Å². The van der Waals surface area contributed by atoms with E-state index in [0.29, 0.717) is 13.2 Å². The van der Waals surface area contributed by atoms with Crippen LogP contribution in [0.3, 0.4) is 0 Å². The molecule has 0 aromatic rings. The maximum Gasteiger partial charge on any atom is 0.305 e. The summed E-state index contributed by atoms with van der Waals surface area (Å²) in [7, 11) is 0. The standard InChI is InChI=1S/C24H41N5O4/c1-17-5-4-6-18(15-17)27-21(16-22(30)31)23(32)29-11-3-2-7-19(29)10-14-33-20-8-12-28(13-9-20)24(25)26/h5,18-21,27H,2-4,6-16H2,1H3,(H3,25,26)(H,30,31)/t18?,19-,21-/m0/s1. The van der Waals surface area contributed by atoms with Gasteiger partial charge < -0.3 is 30.7 Å². The Morgan fingerprint density at radius 1 is 1.24 bits per heavy atom. The molecule has 2 aliphatic heterocycles. The molecule has 0 bridgehead atoms. The van der Waals surface area contributed by atoms with E-state index in [1.807, 2.05) is 9.80 Å². The van der Waals surface area contributed by atoms with Gasteiger partial charge in [0.1, 0.15) is 0 Å². The van der Waals surface area contributed by atoms with E-state index in [1.54, 1.807) is 0 Å². The van der Waals surface area contributed by atoms with Crippen LogP contribution in [0.25, 0.3) is 0 Å². The third-order valence-corrected chi connectivity index (χ3v) is 7.19. The number of piperidine rings is 2. The first-order valence-corrected chi connectivity index (χ1v) is 12.5. The molecule has 2 saturated heterocycles. The summed E-state index contributed by atoms with van der Waals surface area (Å²) >= 11 is 0. The van der Waals surface area contributed by atoms with Gasteiger partial charge in [-0.1, -0.05) is 11.6 Å². The maximum atomic E-state index is 13.5. The molecule has 2 fully saturated rings. The summed E-state index contributed by atoms with van der Waals surface area (Å²) in [5, 5.41) is 20.4. The average molecular weight is 464 g/mol. The van der Waals surface area contributed by atoms with Crippen LogP contribution in [0.2, 0.25) is 0 Å². The van der Waals surface area contributed by atoms with Gasteiger partial charge in [0.2, 0.25) is 5.91 Å². The molecule has 3 aliphatic rings. The number of amides is 1. The van der Waals surface area contributed by atoms with Gasteiger partial charge in [-0.25, -0.2) is 0 Å². The SMILES string of the molecule is CC1=CCCC(N[C@@H](CC(=O)O)C(=O)N2CCCC[C@H]2CCOC2CCN(C(=N)N)CC2)C1. The Morgan fingerprint density at radius 2 is 2.00 bits per heavy atom. The van der Waals surface area contributed by atoms with Crippen molar-refractivity contribution in [3.8, 4) is 0 Å². The zero-order valence-corrected chi connectivity index (χ0v) is 19.9. The molecular weight excluding hydrogens is 422 g/mol. The summed E-state index contributed by atoms with van der Waals surface area (Å²) in [5.74, 6) is -0.907. The lowest BCUT2D eigenvalue weighted by Gasteiger charge is -2.39. The number of hydrogen-bond donors (Lipinski definition) is 4. The monoisotopic (exact) mass is 463 g/mol. The van der Waals surface area contributed by atoms with E-state index in [4.69, 9.17) is 15.9 Å². The number of carbonyl (C=O) groups excluding carboxylic acids is 1. The summed E-state index contributed by atoms with van der Waals surface area (Å²) in [6, 6.07) is -0.443. The number of guanidine groups is 1. The van der Waals surface area contributed by atoms with Crippen LogP contribution in [-0.4, -0.2) is 83.2 Å². The van der Waals surface area contributed by atoms with Gasteiger partial charge in [-0.05, 0) is 64.7 Å². The molecule has 3 atom stereocenters. The summed E-state index contributed by atoms with van der Waals surface area (Å²) in [4.78, 5) is 28.8. The van der Waals surface area contributed by atoms with Crippen LogP contribution in [0.15, 0.2) is 11.6 Å². The maximum absolute atomic E-state index is 13.5. The molecule has 9 heteroatoms. The Bertz CT molecular complexity index is 720. The first kappa shape index (κ1) is 25.5. The molecule has 2 heterocycles. The van der Waals surface area contributed by atoms with Crippen LogP contribution in [0, 0.1) is 5.41 Å². The smallest absolute Gasteiger partial charge is 0.305 e. The first-order chi connectivity index (χ1) is 15.8. The molecule has 1 aliphatic carbocycles. The Hall–Kier alpha value is -2.13. The van der Waals surface area contributed by atoms with Crippen molar-refractivity contribution in [2.45, 2.75) is 95.4 Å². The fraction of sp³-hybridized carbons (Fsp3) is 0.792. The number of nitrogens with one attached hydrogen (secondary N) is 2. The van der Waals surface area contributed by atoms with Gasteiger partial charge in [-0.3, -0.25) is 15.0 Å². The molecule has 9 nitrogen and oxygen atoms in total. The molecule has 5 N–H and O–H groups in total. The quantitative estimate of drug-likeness (QED) is 0.234. The molecule has 1 amide bonds. The van der Waals surface area contributed by atoms with E-state index in [-0.39, 0.29) is 36.5 Å². The van der Waals surface area contributed by atoms with Crippen LogP contribution in [0.1, 0.15) is 71.1 Å². The summed E-state index contributed by atoms with van der Waals surface area (Å²) in [6.45, 7) is 4.84. The number of aliphatic carboxylic acids is 1. The van der Waals surface area contributed by atoms with Gasteiger partial charge in [0, 0.05) is 38.3 Å². The predicted molar refractivity (Wildman–Crippen MR) is 127 cm³/mol. The van der Waals surface area contributed by atoms with E-state index < -0.39 is 12.0 Å². The van der Waals surface area contributed by atoms with E-state index >= 15 is 0 Å². The molecule has 0 saturated carbocycles. The van der Waals surface area contributed by atoms with Crippen molar-refractivity contribution >= 4 is 17.8 Å². The minimum Gasteiger partial charge on any atom is -0.481 e. The average Bonchev–Trinajstić information content (AvgIpc) is 2.78. The molecule has 0 radical (unpaired) electrons. The number of allylic oxidation sites excluding steroid dienone is 1. The molecule has 186 valence electrons. The Morgan fingerprint density at radius 3 is 2.67 bits per heavy atom. The number of rotatable bonds is 9. The Balaban J connectivity index is 1.53. The first-order valence-electron chi connectivity index (χ1n) is 12.5. The number of hydrogen-bond acceptors (Lipinski definition) is 5. The molecule has 1 unspecified atom stereocenters. The third-order valence-electron chi connectivity index (χ3n) is 7.19. The summed E-state index contributed by atoms with van der Waals surface area (Å²) < 4.78 is 6.11. The second-order valence-corrected chi connectivity index (χ2v) is 9.76. The van der Waals surface area contributed by atoms with Crippen LogP contribution in [-0.2, 0) is 14.3 Å². The van der Waals surface area contributed by atoms with Crippen LogP contribution in [0.5, 0.6) is 0 Å². The number of nitrogens with zero attached hydrogens (tertiary/aromatic N) is 2. The second-order valence-electron chi connectivity index (χ2n) is 9.76. The minimum absolute atomic E-state index is 0.0796. The fourth-order valence-corrected chi connectivity index (χ4v) is 5.35. The number of carboxylic acids is 1. The summed E-state index contributed by atoms with van der Waals surface area (Å²) in [6.07, 6.45) is 10.4. The van der Waals surface area contributed by atoms with Crippen molar-refractivity contribution in [2.24, 2.45) is 5.73 Å². The lowest BCUT2D eigenvalue weighted by Crippen LogP contribution is -2.55. The Labute approximate surface area is 197 Å². The highest BCUT2D eigenvalue weighted by atomic mass is 16.5. The number of nitrogens with two attached hydrogens (primary N) is 1. The fourth-order valence-electron chi connectivity index (χ4n) is 5.35. The highest BCUT2D eigenvalue weighted by Gasteiger charge is 2.34. The highest BCUT2D eigenvalue weighted by Crippen LogP contribution is 2.24. The topological polar surface area (TPSA) is 132 Å². The third kappa shape index (κ3) is 7.71. The molecular formula is C24H41N5O4. The largest absolute Gasteiger partial charge is 0.481 e. The minimum atomic E-state index is -0.947. The van der Waals surface area contributed by atoms with Crippen molar-refractivity contribution in [3.63, 3.8) is 0 Å². The van der Waals surface area contributed by atoms with Crippen molar-refractivity contribution in [1.29, 1.82) is 5.41 Å². The molecule has 33 heavy (non-hydrogen) atoms. The van der Waals surface area contributed by atoms with Gasteiger partial charge >= 0.3 is 5.97 Å². The molecule has 0 aromatic carbocycles. The van der Waals surface area contributed by atoms with E-state index in [9.17, 15) is 14.7 Å². The number of likely N-dealkylation sites (tertiary alicyclic amines) is 2. The van der Waals surface area contributed by atoms with Gasteiger partial charge in [0.25, 0.3) is 0 Å². The lowest BCUT2D eigenvalue weighted by atomic mass is 9.94. The van der Waals surface area contributed by atoms with Crippen LogP contribution < -0.4 is 11.1 Å². The zero-order chi connectivity index (χ0) is 23.8. The molecule has 0 spiro atoms. The predicted octanol–water partition coefficient (Wildman–Crippen LogP) is 2.06. The Kier molecular flexibility index (Phi) is 9.55. The van der Waals surface area contributed by atoms with Gasteiger partial charge in [-0.2, -0.15) is 0 Å². The number of carboxylic acid groups (broad SMARTS) is 1. The van der Waals surface area contributed by atoms with Crippen molar-refractivity contribution in [2.75, 3.05) is 26.2 Å². The van der Waals surface area contributed by atoms with Crippen molar-refractivity contribution in [1.82, 2.24) is 15.1 Å². The van der Waals surface area contributed by atoms with Crippen molar-refractivity contribution in [3.05, 3.63) is 11.6 Å². The van der Waals surface area contributed by atoms with E-state index in [0.717, 1.165) is 70.9 Å². The molecule has 0 aromatic heterocycles. The summed E-state index contributed by atoms with van der Waals surface area (Å²) in [5.41, 5.74) is 6.85. The zero-order valence-electron chi connectivity index (χ0n) is 19.9.